The van der Waals surface area contributed by atoms with Crippen molar-refractivity contribution in [3.63, 3.8) is 0 Å². The summed E-state index contributed by atoms with van der Waals surface area (Å²) in [6.07, 6.45) is 11.6. The molecule has 0 amide bonds. The Kier molecular flexibility index (Phi) is 20.1. The summed E-state index contributed by atoms with van der Waals surface area (Å²) in [5.41, 5.74) is 43.2. The van der Waals surface area contributed by atoms with Crippen molar-refractivity contribution in [3.8, 4) is 33.4 Å². The molecule has 0 unspecified atom stereocenters. The topological polar surface area (TPSA) is 238 Å². The van der Waals surface area contributed by atoms with Gasteiger partial charge in [0, 0.05) is 220 Å². The van der Waals surface area contributed by atoms with Crippen molar-refractivity contribution in [1.29, 1.82) is 0 Å². The molecule has 26 heteroatoms. The minimum atomic E-state index is -0.748. The average Bonchev–Trinajstić information content (AvgIpc) is 1.93. The zero-order valence-electron chi connectivity index (χ0n) is 46.3. The van der Waals surface area contributed by atoms with Crippen LogP contribution in [0.25, 0.3) is 50.3 Å². The highest BCUT2D eigenvalue weighted by Crippen LogP contribution is 2.41. The summed E-state index contributed by atoms with van der Waals surface area (Å²) in [6, 6.07) is 16.3. The molecular weight excluding hydrogens is 1250 g/mol. The number of halogens is 6. The van der Waals surface area contributed by atoms with Gasteiger partial charge in [-0.25, -0.2) is 15.0 Å². The van der Waals surface area contributed by atoms with E-state index in [4.69, 9.17) is 103 Å². The van der Waals surface area contributed by atoms with Crippen molar-refractivity contribution < 1.29 is 8.42 Å². The number of fused-ring (bicyclic) bond motifs is 3. The Balaban J connectivity index is 0.000000141. The van der Waals surface area contributed by atoms with Gasteiger partial charge in [-0.1, -0.05) is 102 Å². The summed E-state index contributed by atoms with van der Waals surface area (Å²) in [4.78, 5) is 20.6. The van der Waals surface area contributed by atoms with Gasteiger partial charge in [-0.05, 0) is 42.3 Å². The quantitative estimate of drug-likeness (QED) is 0.0667. The van der Waals surface area contributed by atoms with Crippen LogP contribution in [0.2, 0.25) is 30.1 Å². The van der Waals surface area contributed by atoms with Gasteiger partial charge in [0.25, 0.3) is 0 Å². The minimum Gasteiger partial charge on any atom is -0.395 e. The number of hydrogen-bond acceptors (Lipinski definition) is 15. The largest absolute Gasteiger partial charge is 0.395 e. The van der Waals surface area contributed by atoms with Gasteiger partial charge in [0.05, 0.1) is 35.7 Å². The summed E-state index contributed by atoms with van der Waals surface area (Å²) < 4.78 is 29.6. The first-order chi connectivity index (χ1) is 40.5. The number of hydrogen-bond donors (Lipinski definition) is 6. The predicted octanol–water partition coefficient (Wildman–Crippen LogP) is 11.2. The maximum atomic E-state index is 11.8. The standard InChI is InChI=1S/C22H27Cl2N5OS.C18H19Cl2N5OS.C18H19Cl2N5S/c1-14(2)11-26-21-17(10-25)18(16-4-3-15(23)9-19(16)24)13-29-20(12-27-22(21)29)28-5-7-31(30)8-6-28;19-11-1-2-12(15(20)7-11)14-10-25-16(24-3-5-27(26)6-4-24)9-23-18(25)17(22)13(14)8-21;19-11-1-2-12(15(20)7-11)14-10-25-16(24-3-5-26-6-4-24)9-23-18(25)17(22)13(14)8-21/h3-4,9,12-14,26H,5-8,10-11,25H2,1-2H3;1-2,7,9-10H,3-6,8,21-22H2;1-2,7,9-10H,3-6,8,21-22H2. The van der Waals surface area contributed by atoms with Gasteiger partial charge in [0.15, 0.2) is 16.9 Å². The van der Waals surface area contributed by atoms with E-state index in [9.17, 15) is 8.42 Å². The first-order valence-electron chi connectivity index (χ1n) is 27.3. The highest BCUT2D eigenvalue weighted by atomic mass is 35.5. The fourth-order valence-electron chi connectivity index (χ4n) is 10.7. The van der Waals surface area contributed by atoms with Crippen molar-refractivity contribution in [2.24, 2.45) is 23.1 Å². The molecule has 0 saturated carbocycles. The molecule has 0 atom stereocenters. The van der Waals surface area contributed by atoms with E-state index in [0.29, 0.717) is 89.2 Å². The molecule has 6 aromatic heterocycles. The summed E-state index contributed by atoms with van der Waals surface area (Å²) in [7, 11) is -1.49. The summed E-state index contributed by atoms with van der Waals surface area (Å²) >= 11 is 39.7. The average molecular weight is 1310 g/mol. The number of nitrogens with two attached hydrogens (primary N) is 5. The number of pyridine rings is 3. The zero-order valence-corrected chi connectivity index (χ0v) is 53.3. The Bertz CT molecular complexity index is 3930. The molecule has 444 valence electrons. The molecule has 3 saturated heterocycles. The van der Waals surface area contributed by atoms with Gasteiger partial charge < -0.3 is 48.7 Å². The second kappa shape index (κ2) is 27.2. The van der Waals surface area contributed by atoms with Crippen LogP contribution in [-0.2, 0) is 41.2 Å². The summed E-state index contributed by atoms with van der Waals surface area (Å²) in [5.74, 6) is 8.27. The Morgan fingerprint density at radius 1 is 0.512 bits per heavy atom. The fourth-order valence-corrected chi connectivity index (χ4v) is 15.2. The van der Waals surface area contributed by atoms with Crippen LogP contribution in [-0.4, -0.2) is 117 Å². The van der Waals surface area contributed by atoms with Crippen LogP contribution in [0.5, 0.6) is 0 Å². The maximum Gasteiger partial charge on any atom is 0.162 e. The van der Waals surface area contributed by atoms with Crippen LogP contribution in [0.1, 0.15) is 30.5 Å². The lowest BCUT2D eigenvalue weighted by atomic mass is 10.00. The lowest BCUT2D eigenvalue weighted by molar-refractivity contribution is 0.671. The molecule has 3 aliphatic heterocycles. The van der Waals surface area contributed by atoms with E-state index >= 15 is 0 Å². The van der Waals surface area contributed by atoms with Crippen molar-refractivity contribution in [1.82, 2.24) is 28.2 Å². The number of anilines is 6. The molecule has 9 heterocycles. The number of nitrogen functional groups attached to an aromatic ring is 2. The van der Waals surface area contributed by atoms with E-state index in [0.717, 1.165) is 142 Å². The Morgan fingerprint density at radius 3 is 1.21 bits per heavy atom. The molecule has 0 radical (unpaired) electrons. The van der Waals surface area contributed by atoms with Crippen LogP contribution in [0.4, 0.5) is 34.5 Å². The van der Waals surface area contributed by atoms with Crippen LogP contribution < -0.4 is 48.7 Å². The maximum absolute atomic E-state index is 11.8. The second-order valence-electron chi connectivity index (χ2n) is 20.7. The molecule has 0 spiro atoms. The smallest absolute Gasteiger partial charge is 0.162 e. The number of imidazole rings is 3. The normalized spacial score (nSPS) is 15.3. The molecule has 3 aromatic carbocycles. The van der Waals surface area contributed by atoms with Crippen molar-refractivity contribution in [2.75, 3.05) is 112 Å². The van der Waals surface area contributed by atoms with Gasteiger partial charge in [0.1, 0.15) is 17.5 Å². The highest BCUT2D eigenvalue weighted by molar-refractivity contribution is 7.99. The zero-order chi connectivity index (χ0) is 59.5. The molecule has 11 N–H and O–H groups in total. The molecule has 0 aliphatic carbocycles. The number of thioether (sulfide) groups is 1. The van der Waals surface area contributed by atoms with E-state index in [1.807, 2.05) is 75.7 Å². The summed E-state index contributed by atoms with van der Waals surface area (Å²) in [5, 5.41) is 7.00. The van der Waals surface area contributed by atoms with Crippen molar-refractivity contribution in [2.45, 2.75) is 33.5 Å². The molecule has 84 heavy (non-hydrogen) atoms. The summed E-state index contributed by atoms with van der Waals surface area (Å²) in [6.45, 7) is 10.9. The molecular formula is C58H65Cl6N15O2S3. The molecule has 3 aliphatic rings. The lowest BCUT2D eigenvalue weighted by Gasteiger charge is -2.28. The van der Waals surface area contributed by atoms with E-state index in [1.165, 1.54) is 0 Å². The van der Waals surface area contributed by atoms with Gasteiger partial charge in [-0.15, -0.1) is 0 Å². The van der Waals surface area contributed by atoms with Crippen molar-refractivity contribution in [3.05, 3.63) is 139 Å². The predicted molar refractivity (Wildman–Crippen MR) is 357 cm³/mol. The highest BCUT2D eigenvalue weighted by Gasteiger charge is 2.26. The molecule has 0 bridgehead atoms. The monoisotopic (exact) mass is 1310 g/mol. The lowest BCUT2D eigenvalue weighted by Crippen LogP contribution is -2.38. The van der Waals surface area contributed by atoms with E-state index in [-0.39, 0.29) is 6.54 Å². The Labute approximate surface area is 527 Å². The van der Waals surface area contributed by atoms with Gasteiger partial charge in [0.2, 0.25) is 0 Å². The van der Waals surface area contributed by atoms with Crippen LogP contribution in [0.3, 0.4) is 0 Å². The van der Waals surface area contributed by atoms with Crippen molar-refractivity contribution >= 4 is 154 Å². The second-order valence-corrected chi connectivity index (χ2v) is 27.9. The first-order valence-corrected chi connectivity index (χ1v) is 33.7. The molecule has 17 nitrogen and oxygen atoms in total. The third-order valence-electron chi connectivity index (χ3n) is 15.0. The molecule has 9 aromatic rings. The minimum absolute atomic E-state index is 0.265. The third kappa shape index (κ3) is 13.1. The van der Waals surface area contributed by atoms with Crippen LogP contribution in [0, 0.1) is 5.92 Å². The number of benzene rings is 3. The molecule has 3 fully saturated rings. The fraction of sp³-hybridized carbons (Fsp3) is 0.328. The molecule has 12 rings (SSSR count). The van der Waals surface area contributed by atoms with E-state index in [2.05, 4.69) is 54.4 Å². The third-order valence-corrected chi connectivity index (χ3v) is 20.2. The van der Waals surface area contributed by atoms with E-state index in [1.54, 1.807) is 30.5 Å². The first kappa shape index (κ1) is 61.9. The number of aromatic nitrogens is 6. The van der Waals surface area contributed by atoms with Gasteiger partial charge in [-0.3, -0.25) is 21.6 Å². The SMILES string of the molecule is CC(C)CNc1c(CN)c(-c2ccc(Cl)cc2Cl)cn2c(N3CCS(=O)CC3)cnc12.NCc1c(-c2ccc(Cl)cc2Cl)cn2c(N3CCS(=O)CC3)cnc2c1N.NCc1c(-c2ccc(Cl)cc2Cl)cn2c(N3CCSCC3)cnc2c1N. The van der Waals surface area contributed by atoms with Crippen LogP contribution >= 0.6 is 81.4 Å². The van der Waals surface area contributed by atoms with Crippen LogP contribution in [0.15, 0.2) is 91.8 Å². The Hall–Kier alpha value is -5.20. The number of nitrogens with one attached hydrogen (secondary N) is 1. The van der Waals surface area contributed by atoms with Gasteiger partial charge >= 0.3 is 0 Å². The number of nitrogens with zero attached hydrogens (tertiary/aromatic N) is 9. The van der Waals surface area contributed by atoms with Gasteiger partial charge in [-0.2, -0.15) is 11.8 Å². The van der Waals surface area contributed by atoms with E-state index < -0.39 is 21.6 Å². The Morgan fingerprint density at radius 2 is 0.857 bits per heavy atom. The number of rotatable bonds is 12.